The van der Waals surface area contributed by atoms with Crippen LogP contribution in [0.5, 0.6) is 0 Å². The smallest absolute Gasteiger partial charge is 0.323 e. The van der Waals surface area contributed by atoms with Crippen molar-refractivity contribution in [2.75, 3.05) is 41.8 Å². The highest BCUT2D eigenvalue weighted by Gasteiger charge is 2.26. The van der Waals surface area contributed by atoms with Crippen molar-refractivity contribution in [3.8, 4) is 27.9 Å². The number of anilines is 3. The molecule has 1 fully saturated rings. The van der Waals surface area contributed by atoms with Crippen LogP contribution >= 0.6 is 27.3 Å². The van der Waals surface area contributed by atoms with Crippen LogP contribution in [0.3, 0.4) is 0 Å². The lowest BCUT2D eigenvalue weighted by Gasteiger charge is -2.27. The first-order valence-corrected chi connectivity index (χ1v) is 12.4. The SMILES string of the molecule is N#Cc1c(N2CCOCC2)sc(-c2nc[nH]n2)c1-c1ccc(NC(=O)Nc2cccc(Br)c2)cc1. The van der Waals surface area contributed by atoms with Gasteiger partial charge in [-0.15, -0.1) is 11.3 Å². The number of nitriles is 1. The molecule has 0 saturated carbocycles. The van der Waals surface area contributed by atoms with E-state index >= 15 is 0 Å². The Labute approximate surface area is 213 Å². The Kier molecular flexibility index (Phi) is 6.76. The quantitative estimate of drug-likeness (QED) is 0.310. The lowest BCUT2D eigenvalue weighted by Crippen LogP contribution is -2.36. The summed E-state index contributed by atoms with van der Waals surface area (Å²) in [5.74, 6) is 0.539. The second-order valence-electron chi connectivity index (χ2n) is 7.69. The van der Waals surface area contributed by atoms with E-state index in [4.69, 9.17) is 4.74 Å². The zero-order valence-corrected chi connectivity index (χ0v) is 20.8. The van der Waals surface area contributed by atoms with Crippen LogP contribution in [-0.2, 0) is 4.74 Å². The Balaban J connectivity index is 1.43. The third-order valence-electron chi connectivity index (χ3n) is 5.43. The molecule has 2 amide bonds. The van der Waals surface area contributed by atoms with Crippen molar-refractivity contribution in [2.24, 2.45) is 0 Å². The van der Waals surface area contributed by atoms with Crippen LogP contribution in [0.4, 0.5) is 21.2 Å². The highest BCUT2D eigenvalue weighted by molar-refractivity contribution is 9.10. The van der Waals surface area contributed by atoms with Crippen molar-refractivity contribution in [1.29, 1.82) is 5.26 Å². The first-order valence-electron chi connectivity index (χ1n) is 10.8. The molecule has 0 bridgehead atoms. The van der Waals surface area contributed by atoms with Gasteiger partial charge in [-0.25, -0.2) is 9.78 Å². The molecule has 2 aromatic heterocycles. The molecule has 1 saturated heterocycles. The van der Waals surface area contributed by atoms with Crippen molar-refractivity contribution in [2.45, 2.75) is 0 Å². The monoisotopic (exact) mass is 549 g/mol. The van der Waals surface area contributed by atoms with Crippen molar-refractivity contribution >= 4 is 49.7 Å². The van der Waals surface area contributed by atoms with E-state index in [-0.39, 0.29) is 6.03 Å². The van der Waals surface area contributed by atoms with E-state index in [9.17, 15) is 10.1 Å². The number of hydrogen-bond donors (Lipinski definition) is 3. The average molecular weight is 550 g/mol. The Bertz CT molecular complexity index is 1370. The number of H-pyrrole nitrogens is 1. The fourth-order valence-corrected chi connectivity index (χ4v) is 5.51. The summed E-state index contributed by atoms with van der Waals surface area (Å²) in [5.41, 5.74) is 3.52. The molecule has 0 unspecified atom stereocenters. The molecule has 35 heavy (non-hydrogen) atoms. The largest absolute Gasteiger partial charge is 0.378 e. The molecule has 1 aliphatic rings. The van der Waals surface area contributed by atoms with E-state index in [2.05, 4.69) is 52.7 Å². The fourth-order valence-electron chi connectivity index (χ4n) is 3.84. The topological polar surface area (TPSA) is 119 Å². The minimum Gasteiger partial charge on any atom is -0.378 e. The van der Waals surface area contributed by atoms with Crippen LogP contribution in [0.15, 0.2) is 59.3 Å². The number of ether oxygens (including phenoxy) is 1. The van der Waals surface area contributed by atoms with Crippen LogP contribution in [-0.4, -0.2) is 47.5 Å². The highest BCUT2D eigenvalue weighted by Crippen LogP contribution is 2.46. The summed E-state index contributed by atoms with van der Waals surface area (Å²) in [7, 11) is 0. The van der Waals surface area contributed by atoms with Crippen molar-refractivity contribution in [3.63, 3.8) is 0 Å². The number of urea groups is 1. The number of nitrogens with one attached hydrogen (secondary N) is 3. The summed E-state index contributed by atoms with van der Waals surface area (Å²) in [6.45, 7) is 2.68. The molecule has 4 aromatic rings. The van der Waals surface area contributed by atoms with E-state index in [0.717, 1.165) is 38.6 Å². The summed E-state index contributed by atoms with van der Waals surface area (Å²) in [6, 6.07) is 16.8. The lowest BCUT2D eigenvalue weighted by atomic mass is 10.0. The predicted octanol–water partition coefficient (Wildman–Crippen LogP) is 5.31. The van der Waals surface area contributed by atoms with Gasteiger partial charge in [0.1, 0.15) is 17.4 Å². The van der Waals surface area contributed by atoms with E-state index in [1.165, 1.54) is 17.7 Å². The summed E-state index contributed by atoms with van der Waals surface area (Å²) in [5, 5.41) is 23.7. The van der Waals surface area contributed by atoms with Crippen LogP contribution < -0.4 is 15.5 Å². The first kappa shape index (κ1) is 23.0. The van der Waals surface area contributed by atoms with E-state index in [0.29, 0.717) is 36.0 Å². The average Bonchev–Trinajstić information content (AvgIpc) is 3.53. The molecule has 0 radical (unpaired) electrons. The summed E-state index contributed by atoms with van der Waals surface area (Å²) in [4.78, 5) is 19.7. The molecular weight excluding hydrogens is 530 g/mol. The third-order valence-corrected chi connectivity index (χ3v) is 7.17. The number of aromatic amines is 1. The molecule has 1 aliphatic heterocycles. The van der Waals surface area contributed by atoms with Gasteiger partial charge in [0.25, 0.3) is 0 Å². The van der Waals surface area contributed by atoms with Crippen LogP contribution in [0.1, 0.15) is 5.56 Å². The molecular formula is C24H20BrN7O2S. The van der Waals surface area contributed by atoms with Crippen molar-refractivity contribution < 1.29 is 9.53 Å². The van der Waals surface area contributed by atoms with Gasteiger partial charge in [0, 0.05) is 34.5 Å². The summed E-state index contributed by atoms with van der Waals surface area (Å²) >= 11 is 4.90. The Hall–Kier alpha value is -3.72. The van der Waals surface area contributed by atoms with Gasteiger partial charge in [-0.2, -0.15) is 10.4 Å². The molecule has 0 spiro atoms. The maximum Gasteiger partial charge on any atom is 0.323 e. The molecule has 9 nitrogen and oxygen atoms in total. The van der Waals surface area contributed by atoms with Crippen LogP contribution in [0.2, 0.25) is 0 Å². The third kappa shape index (κ3) is 5.05. The lowest BCUT2D eigenvalue weighted by molar-refractivity contribution is 0.123. The van der Waals surface area contributed by atoms with Crippen LogP contribution in [0.25, 0.3) is 21.8 Å². The van der Waals surface area contributed by atoms with Gasteiger partial charge in [-0.3, -0.25) is 5.10 Å². The number of rotatable bonds is 5. The molecule has 5 rings (SSSR count). The number of thiophene rings is 1. The van der Waals surface area contributed by atoms with Crippen LogP contribution in [0, 0.1) is 11.3 Å². The second-order valence-corrected chi connectivity index (χ2v) is 9.60. The molecule has 0 atom stereocenters. The molecule has 11 heteroatoms. The predicted molar refractivity (Wildman–Crippen MR) is 140 cm³/mol. The summed E-state index contributed by atoms with van der Waals surface area (Å²) < 4.78 is 6.36. The van der Waals surface area contributed by atoms with Gasteiger partial charge >= 0.3 is 6.03 Å². The minimum atomic E-state index is -0.347. The number of carbonyl (C=O) groups is 1. The van der Waals surface area contributed by atoms with E-state index in [1.54, 1.807) is 0 Å². The van der Waals surface area contributed by atoms with Gasteiger partial charge in [0.15, 0.2) is 5.82 Å². The number of nitrogens with zero attached hydrogens (tertiary/aromatic N) is 4. The molecule has 3 heterocycles. The maximum absolute atomic E-state index is 12.4. The first-order chi connectivity index (χ1) is 17.1. The number of hydrogen-bond acceptors (Lipinski definition) is 7. The minimum absolute atomic E-state index is 0.347. The van der Waals surface area contributed by atoms with Gasteiger partial charge < -0.3 is 20.3 Å². The highest BCUT2D eigenvalue weighted by atomic mass is 79.9. The number of halogens is 1. The second kappa shape index (κ2) is 10.3. The maximum atomic E-state index is 12.4. The van der Waals surface area contributed by atoms with E-state index in [1.807, 2.05) is 48.5 Å². The molecule has 0 aliphatic carbocycles. The fraction of sp³-hybridized carbons (Fsp3) is 0.167. The number of benzene rings is 2. The van der Waals surface area contributed by atoms with Crippen molar-refractivity contribution in [3.05, 3.63) is 64.9 Å². The molecule has 176 valence electrons. The Morgan fingerprint density at radius 2 is 1.91 bits per heavy atom. The van der Waals surface area contributed by atoms with Gasteiger partial charge in [0.05, 0.1) is 23.7 Å². The molecule has 2 aromatic carbocycles. The van der Waals surface area contributed by atoms with Gasteiger partial charge in [-0.05, 0) is 35.9 Å². The Morgan fingerprint density at radius 1 is 1.14 bits per heavy atom. The number of carbonyl (C=O) groups excluding carboxylic acids is 1. The summed E-state index contributed by atoms with van der Waals surface area (Å²) in [6.07, 6.45) is 1.52. The zero-order chi connectivity index (χ0) is 24.2. The molecule has 3 N–H and O–H groups in total. The zero-order valence-electron chi connectivity index (χ0n) is 18.4. The van der Waals surface area contributed by atoms with E-state index < -0.39 is 0 Å². The Morgan fingerprint density at radius 3 is 2.60 bits per heavy atom. The normalized spacial score (nSPS) is 13.3. The number of aromatic nitrogens is 3. The van der Waals surface area contributed by atoms with Gasteiger partial charge in [0.2, 0.25) is 0 Å². The van der Waals surface area contributed by atoms with Gasteiger partial charge in [-0.1, -0.05) is 34.1 Å². The number of morpholine rings is 1. The number of amides is 2. The standard InChI is InChI=1S/C24H20BrN7O2S/c25-16-2-1-3-18(12-16)30-24(33)29-17-6-4-15(5-7-17)20-19(13-26)23(32-8-10-34-11-9-32)35-21(20)22-27-14-28-31-22/h1-7,12,14H,8-11H2,(H,27,28,31)(H2,29,30,33). The van der Waals surface area contributed by atoms with Crippen molar-refractivity contribution in [1.82, 2.24) is 15.2 Å².